The fourth-order valence-corrected chi connectivity index (χ4v) is 4.76. The first kappa shape index (κ1) is 21.8. The Kier molecular flexibility index (Phi) is 8.04. The number of benzene rings is 1. The van der Waals surface area contributed by atoms with E-state index in [0.717, 1.165) is 38.2 Å². The predicted molar refractivity (Wildman–Crippen MR) is 117 cm³/mol. The SMILES string of the molecule is CCOc1ccc(N2CC3CCCCC(C)C[C@@H](C2)N(C(=O)NCCO)C3)cc1. The molecule has 2 aliphatic rings. The molecule has 1 aromatic carbocycles. The molecule has 3 rings (SSSR count). The molecule has 2 fully saturated rings. The summed E-state index contributed by atoms with van der Waals surface area (Å²) in [6.45, 7) is 7.88. The Hall–Kier alpha value is -1.95. The molecule has 2 heterocycles. The van der Waals surface area contributed by atoms with E-state index in [1.165, 1.54) is 24.9 Å². The molecule has 0 radical (unpaired) electrons. The van der Waals surface area contributed by atoms with Crippen LogP contribution < -0.4 is 15.0 Å². The lowest BCUT2D eigenvalue weighted by Crippen LogP contribution is -2.50. The monoisotopic (exact) mass is 403 g/mol. The van der Waals surface area contributed by atoms with Gasteiger partial charge in [0.25, 0.3) is 0 Å². The van der Waals surface area contributed by atoms with Gasteiger partial charge in [0.1, 0.15) is 5.75 Å². The van der Waals surface area contributed by atoms with E-state index in [1.807, 2.05) is 19.1 Å². The summed E-state index contributed by atoms with van der Waals surface area (Å²) in [5.41, 5.74) is 1.20. The third-order valence-electron chi connectivity index (χ3n) is 6.20. The van der Waals surface area contributed by atoms with Gasteiger partial charge in [-0.25, -0.2) is 4.79 Å². The number of carbonyl (C=O) groups is 1. The maximum atomic E-state index is 12.9. The molecule has 2 aliphatic heterocycles. The van der Waals surface area contributed by atoms with Crippen LogP contribution in [0.4, 0.5) is 10.5 Å². The van der Waals surface area contributed by atoms with Gasteiger partial charge in [-0.3, -0.25) is 0 Å². The maximum absolute atomic E-state index is 12.9. The van der Waals surface area contributed by atoms with Crippen molar-refractivity contribution >= 4 is 11.7 Å². The Morgan fingerprint density at radius 3 is 2.66 bits per heavy atom. The van der Waals surface area contributed by atoms with Gasteiger partial charge in [-0.15, -0.1) is 0 Å². The number of ether oxygens (including phenoxy) is 1. The van der Waals surface area contributed by atoms with Crippen LogP contribution in [0, 0.1) is 11.8 Å². The summed E-state index contributed by atoms with van der Waals surface area (Å²) in [6.07, 6.45) is 5.91. The van der Waals surface area contributed by atoms with Crippen molar-refractivity contribution in [3.63, 3.8) is 0 Å². The van der Waals surface area contributed by atoms with Crippen molar-refractivity contribution in [1.82, 2.24) is 10.2 Å². The van der Waals surface area contributed by atoms with Crippen molar-refractivity contribution in [2.45, 2.75) is 52.0 Å². The average molecular weight is 404 g/mol. The topological polar surface area (TPSA) is 65.0 Å². The van der Waals surface area contributed by atoms with Gasteiger partial charge >= 0.3 is 6.03 Å². The molecule has 0 saturated carbocycles. The van der Waals surface area contributed by atoms with E-state index in [4.69, 9.17) is 9.84 Å². The molecule has 29 heavy (non-hydrogen) atoms. The molecule has 2 saturated heterocycles. The van der Waals surface area contributed by atoms with E-state index in [1.54, 1.807) is 0 Å². The first-order chi connectivity index (χ1) is 14.1. The third kappa shape index (κ3) is 6.01. The first-order valence-corrected chi connectivity index (χ1v) is 11.2. The van der Waals surface area contributed by atoms with E-state index in [9.17, 15) is 4.79 Å². The summed E-state index contributed by atoms with van der Waals surface area (Å²) in [4.78, 5) is 17.4. The van der Waals surface area contributed by atoms with Crippen LogP contribution in [0.25, 0.3) is 0 Å². The van der Waals surface area contributed by atoms with Crippen molar-refractivity contribution in [2.75, 3.05) is 44.3 Å². The Morgan fingerprint density at radius 2 is 1.93 bits per heavy atom. The van der Waals surface area contributed by atoms with Crippen molar-refractivity contribution in [3.05, 3.63) is 24.3 Å². The highest BCUT2D eigenvalue weighted by Gasteiger charge is 2.34. The Balaban J connectivity index is 1.84. The second-order valence-corrected chi connectivity index (χ2v) is 8.58. The van der Waals surface area contributed by atoms with E-state index < -0.39 is 0 Å². The van der Waals surface area contributed by atoms with Crippen molar-refractivity contribution in [1.29, 1.82) is 0 Å². The highest BCUT2D eigenvalue weighted by Crippen LogP contribution is 2.30. The Bertz CT molecular complexity index is 637. The number of aliphatic hydroxyl groups excluding tert-OH is 1. The molecule has 162 valence electrons. The van der Waals surface area contributed by atoms with E-state index in [0.29, 0.717) is 25.0 Å². The summed E-state index contributed by atoms with van der Waals surface area (Å²) in [6, 6.07) is 8.52. The number of amides is 2. The van der Waals surface area contributed by atoms with Crippen molar-refractivity contribution in [3.8, 4) is 5.75 Å². The van der Waals surface area contributed by atoms with E-state index in [-0.39, 0.29) is 18.7 Å². The lowest BCUT2D eigenvalue weighted by molar-refractivity contribution is 0.152. The molecule has 0 aliphatic carbocycles. The summed E-state index contributed by atoms with van der Waals surface area (Å²) in [5, 5.41) is 12.0. The lowest BCUT2D eigenvalue weighted by Gasteiger charge is -2.34. The molecule has 1 aromatic rings. The summed E-state index contributed by atoms with van der Waals surface area (Å²) in [7, 11) is 0. The number of carbonyl (C=O) groups excluding carboxylic acids is 1. The van der Waals surface area contributed by atoms with Crippen LogP contribution in [0.1, 0.15) is 46.0 Å². The van der Waals surface area contributed by atoms with E-state index in [2.05, 4.69) is 34.2 Å². The van der Waals surface area contributed by atoms with Crippen LogP contribution in [0.15, 0.2) is 24.3 Å². The molecule has 6 nitrogen and oxygen atoms in total. The van der Waals surface area contributed by atoms with Crippen LogP contribution in [0.3, 0.4) is 0 Å². The van der Waals surface area contributed by atoms with Gasteiger partial charge < -0.3 is 25.0 Å². The minimum Gasteiger partial charge on any atom is -0.494 e. The number of hydrogen-bond acceptors (Lipinski definition) is 4. The van der Waals surface area contributed by atoms with Gasteiger partial charge in [0.2, 0.25) is 0 Å². The predicted octanol–water partition coefficient (Wildman–Crippen LogP) is 3.49. The van der Waals surface area contributed by atoms with Gasteiger partial charge in [0, 0.05) is 31.9 Å². The van der Waals surface area contributed by atoms with Crippen LogP contribution in [0.2, 0.25) is 0 Å². The van der Waals surface area contributed by atoms with Crippen LogP contribution in [0.5, 0.6) is 5.75 Å². The summed E-state index contributed by atoms with van der Waals surface area (Å²) < 4.78 is 5.60. The molecule has 0 aromatic heterocycles. The molecular weight excluding hydrogens is 366 g/mol. The van der Waals surface area contributed by atoms with Gasteiger partial charge in [0.15, 0.2) is 0 Å². The summed E-state index contributed by atoms with van der Waals surface area (Å²) in [5.74, 6) is 1.96. The van der Waals surface area contributed by atoms with Gasteiger partial charge in [-0.1, -0.05) is 26.2 Å². The normalized spacial score (nSPS) is 25.4. The smallest absolute Gasteiger partial charge is 0.317 e. The molecule has 2 amide bonds. The van der Waals surface area contributed by atoms with Crippen LogP contribution in [-0.4, -0.2) is 61.5 Å². The zero-order valence-corrected chi connectivity index (χ0v) is 18.0. The number of urea groups is 1. The zero-order valence-electron chi connectivity index (χ0n) is 18.0. The number of fused-ring (bicyclic) bond motifs is 3. The highest BCUT2D eigenvalue weighted by atomic mass is 16.5. The second-order valence-electron chi connectivity index (χ2n) is 8.58. The van der Waals surface area contributed by atoms with Crippen LogP contribution >= 0.6 is 0 Å². The first-order valence-electron chi connectivity index (χ1n) is 11.2. The molecule has 6 heteroatoms. The number of aliphatic hydroxyl groups is 1. The molecule has 0 spiro atoms. The standard InChI is InChI=1S/C23H37N3O3/c1-3-29-22-10-8-20(9-11-22)25-15-19-7-5-4-6-18(2)14-21(17-25)26(16-19)23(28)24-12-13-27/h8-11,18-19,21,27H,3-7,12-17H2,1-2H3,(H,24,28)/t18?,19?,21-/m0/s1. The Morgan fingerprint density at radius 1 is 1.17 bits per heavy atom. The number of nitrogens with zero attached hydrogens (tertiary/aromatic N) is 2. The largest absolute Gasteiger partial charge is 0.494 e. The minimum atomic E-state index is -0.0321. The minimum absolute atomic E-state index is 0.0254. The lowest BCUT2D eigenvalue weighted by atomic mass is 9.92. The fraction of sp³-hybridized carbons (Fsp3) is 0.696. The van der Waals surface area contributed by atoms with Crippen LogP contribution in [-0.2, 0) is 0 Å². The highest BCUT2D eigenvalue weighted by molar-refractivity contribution is 5.74. The molecule has 2 unspecified atom stereocenters. The second kappa shape index (κ2) is 10.7. The van der Waals surface area contributed by atoms with Crippen molar-refractivity contribution in [2.24, 2.45) is 11.8 Å². The molecule has 2 bridgehead atoms. The number of rotatable bonds is 5. The fourth-order valence-electron chi connectivity index (χ4n) is 4.76. The molecular formula is C23H37N3O3. The van der Waals surface area contributed by atoms with Gasteiger partial charge in [-0.2, -0.15) is 0 Å². The van der Waals surface area contributed by atoms with Gasteiger partial charge in [0.05, 0.1) is 19.3 Å². The van der Waals surface area contributed by atoms with E-state index >= 15 is 0 Å². The summed E-state index contributed by atoms with van der Waals surface area (Å²) >= 11 is 0. The third-order valence-corrected chi connectivity index (χ3v) is 6.20. The zero-order chi connectivity index (χ0) is 20.6. The number of anilines is 1. The maximum Gasteiger partial charge on any atom is 0.317 e. The van der Waals surface area contributed by atoms with Gasteiger partial charge in [-0.05, 0) is 55.9 Å². The van der Waals surface area contributed by atoms with Crippen molar-refractivity contribution < 1.29 is 14.6 Å². The quantitative estimate of drug-likeness (QED) is 0.790. The molecule has 3 atom stereocenters. The molecule has 2 N–H and O–H groups in total. The number of hydrogen-bond donors (Lipinski definition) is 2. The average Bonchev–Trinajstić information content (AvgIpc) is 2.91. The Labute approximate surface area is 175 Å². The number of nitrogens with one attached hydrogen (secondary N) is 1.